The molecule has 0 aliphatic carbocycles. The van der Waals surface area contributed by atoms with Gasteiger partial charge in [0.1, 0.15) is 15.5 Å². The molecule has 0 spiro atoms. The maximum atomic E-state index is 12.7. The van der Waals surface area contributed by atoms with E-state index in [1.807, 2.05) is 0 Å². The van der Waals surface area contributed by atoms with Gasteiger partial charge in [-0.1, -0.05) is 12.1 Å². The van der Waals surface area contributed by atoms with Crippen molar-refractivity contribution in [3.05, 3.63) is 42.2 Å². The van der Waals surface area contributed by atoms with Crippen LogP contribution < -0.4 is 15.2 Å². The number of nitrogens with zero attached hydrogens (tertiary/aromatic N) is 1. The van der Waals surface area contributed by atoms with Crippen LogP contribution in [0, 0.1) is 0 Å². The molecule has 0 saturated carbocycles. The molecule has 1 amide bonds. The fraction of sp³-hybridized carbons (Fsp3) is 0.312. The minimum atomic E-state index is -4.15. The van der Waals surface area contributed by atoms with Crippen LogP contribution in [0.3, 0.4) is 0 Å². The highest BCUT2D eigenvalue weighted by atomic mass is 32.2. The van der Waals surface area contributed by atoms with E-state index >= 15 is 0 Å². The molecular formula is C16H22N4O5S2. The number of carbonyl (C=O) groups is 1. The van der Waals surface area contributed by atoms with Crippen molar-refractivity contribution in [1.29, 1.82) is 0 Å². The number of amides is 1. The monoisotopic (exact) mass is 414 g/mol. The largest absolute Gasteiger partial charge is 0.364 e. The van der Waals surface area contributed by atoms with Crippen LogP contribution in [-0.2, 0) is 27.1 Å². The number of aryl methyl sites for hydroxylation is 1. The summed E-state index contributed by atoms with van der Waals surface area (Å²) in [6, 6.07) is 6.75. The van der Waals surface area contributed by atoms with Gasteiger partial charge in [0.15, 0.2) is 0 Å². The summed E-state index contributed by atoms with van der Waals surface area (Å²) in [5, 5.41) is 0. The van der Waals surface area contributed by atoms with Crippen molar-refractivity contribution in [2.24, 2.45) is 12.8 Å². The molecule has 1 aromatic heterocycles. The highest BCUT2D eigenvalue weighted by Gasteiger charge is 2.27. The molecule has 0 fully saturated rings. The maximum Gasteiger partial charge on any atom is 0.265 e. The fourth-order valence-electron chi connectivity index (χ4n) is 2.37. The molecule has 1 heterocycles. The smallest absolute Gasteiger partial charge is 0.265 e. The second kappa shape index (κ2) is 6.98. The predicted molar refractivity (Wildman–Crippen MR) is 101 cm³/mol. The molecule has 1 aromatic carbocycles. The Kier molecular flexibility index (Phi) is 5.41. The van der Waals surface area contributed by atoms with Crippen molar-refractivity contribution in [2.45, 2.75) is 36.1 Å². The number of anilines is 1. The molecule has 27 heavy (non-hydrogen) atoms. The van der Waals surface area contributed by atoms with E-state index in [1.165, 1.54) is 42.1 Å². The third-order valence-electron chi connectivity index (χ3n) is 3.40. The molecule has 9 nitrogen and oxygen atoms in total. The normalized spacial score (nSPS) is 12.7. The van der Waals surface area contributed by atoms with Crippen molar-refractivity contribution >= 4 is 31.6 Å². The van der Waals surface area contributed by atoms with Gasteiger partial charge in [0, 0.05) is 18.8 Å². The zero-order valence-corrected chi connectivity index (χ0v) is 17.0. The van der Waals surface area contributed by atoms with Gasteiger partial charge in [0.2, 0.25) is 10.0 Å². The Morgan fingerprint density at radius 1 is 1.07 bits per heavy atom. The summed E-state index contributed by atoms with van der Waals surface area (Å²) in [5.74, 6) is -0.781. The number of para-hydroxylation sites is 1. The number of benzene rings is 1. The van der Waals surface area contributed by atoms with Gasteiger partial charge in [-0.2, -0.15) is 0 Å². The lowest BCUT2D eigenvalue weighted by Gasteiger charge is -2.21. The summed E-state index contributed by atoms with van der Waals surface area (Å²) in [7, 11) is -6.64. The number of rotatable bonds is 6. The fourth-order valence-corrected chi connectivity index (χ4v) is 5.17. The van der Waals surface area contributed by atoms with Crippen LogP contribution in [0.5, 0.6) is 0 Å². The SMILES string of the molecule is Cn1cc(S(=O)(=O)Nc2ccccc2S(=O)(=O)NC(C)(C)C)cc1C(N)=O. The number of hydrogen-bond acceptors (Lipinski definition) is 5. The lowest BCUT2D eigenvalue weighted by molar-refractivity contribution is 0.0992. The first kappa shape index (κ1) is 20.9. The van der Waals surface area contributed by atoms with Gasteiger partial charge in [-0.25, -0.2) is 21.6 Å². The Balaban J connectivity index is 2.47. The van der Waals surface area contributed by atoms with E-state index in [1.54, 1.807) is 20.8 Å². The van der Waals surface area contributed by atoms with E-state index in [4.69, 9.17) is 5.73 Å². The van der Waals surface area contributed by atoms with Crippen LogP contribution in [-0.4, -0.2) is 32.8 Å². The number of nitrogens with one attached hydrogen (secondary N) is 2. The second-order valence-corrected chi connectivity index (χ2v) is 10.3. The summed E-state index contributed by atoms with van der Waals surface area (Å²) in [5.41, 5.74) is 4.34. The molecule has 0 saturated heterocycles. The van der Waals surface area contributed by atoms with Gasteiger partial charge >= 0.3 is 0 Å². The molecule has 0 aliphatic rings. The molecule has 2 rings (SSSR count). The molecule has 0 bridgehead atoms. The molecule has 4 N–H and O–H groups in total. The number of nitrogens with two attached hydrogens (primary N) is 1. The van der Waals surface area contributed by atoms with Gasteiger partial charge in [0.25, 0.3) is 15.9 Å². The van der Waals surface area contributed by atoms with Crippen LogP contribution in [0.15, 0.2) is 46.3 Å². The first-order chi connectivity index (χ1) is 12.2. The van der Waals surface area contributed by atoms with Crippen molar-refractivity contribution in [3.8, 4) is 0 Å². The molecule has 0 atom stereocenters. The molecule has 0 radical (unpaired) electrons. The minimum Gasteiger partial charge on any atom is -0.364 e. The third kappa shape index (κ3) is 4.87. The van der Waals surface area contributed by atoms with E-state index in [9.17, 15) is 21.6 Å². The number of primary amides is 1. The Morgan fingerprint density at radius 2 is 1.67 bits per heavy atom. The Hall–Kier alpha value is -2.37. The average Bonchev–Trinajstić information content (AvgIpc) is 2.88. The summed E-state index contributed by atoms with van der Waals surface area (Å²) >= 11 is 0. The Labute approximate surface area is 158 Å². The molecule has 11 heteroatoms. The van der Waals surface area contributed by atoms with Gasteiger partial charge in [0.05, 0.1) is 5.69 Å². The van der Waals surface area contributed by atoms with Gasteiger partial charge in [-0.3, -0.25) is 9.52 Å². The second-order valence-electron chi connectivity index (χ2n) is 6.99. The van der Waals surface area contributed by atoms with E-state index < -0.39 is 31.5 Å². The van der Waals surface area contributed by atoms with Gasteiger partial charge in [-0.05, 0) is 39.0 Å². The predicted octanol–water partition coefficient (Wildman–Crippen LogP) is 1.00. The van der Waals surface area contributed by atoms with Crippen molar-refractivity contribution in [1.82, 2.24) is 9.29 Å². The molecule has 2 aromatic rings. The van der Waals surface area contributed by atoms with Crippen molar-refractivity contribution in [3.63, 3.8) is 0 Å². The quantitative estimate of drug-likeness (QED) is 0.647. The van der Waals surface area contributed by atoms with Gasteiger partial charge in [-0.15, -0.1) is 0 Å². The first-order valence-electron chi connectivity index (χ1n) is 7.85. The maximum absolute atomic E-state index is 12.7. The lowest BCUT2D eigenvalue weighted by Crippen LogP contribution is -2.40. The highest BCUT2D eigenvalue weighted by Crippen LogP contribution is 2.25. The van der Waals surface area contributed by atoms with Crippen LogP contribution in [0.2, 0.25) is 0 Å². The zero-order chi connectivity index (χ0) is 20.6. The van der Waals surface area contributed by atoms with Gasteiger partial charge < -0.3 is 10.3 Å². The number of hydrogen-bond donors (Lipinski definition) is 3. The zero-order valence-electron chi connectivity index (χ0n) is 15.3. The molecule has 0 aliphatic heterocycles. The highest BCUT2D eigenvalue weighted by molar-refractivity contribution is 7.93. The summed E-state index contributed by atoms with van der Waals surface area (Å²) in [4.78, 5) is 10.9. The van der Waals surface area contributed by atoms with Crippen LogP contribution in [0.1, 0.15) is 31.3 Å². The Bertz CT molecular complexity index is 1080. The van der Waals surface area contributed by atoms with Crippen LogP contribution in [0.4, 0.5) is 5.69 Å². The third-order valence-corrected chi connectivity index (χ3v) is 6.55. The van der Waals surface area contributed by atoms with E-state index in [-0.39, 0.29) is 21.2 Å². The first-order valence-corrected chi connectivity index (χ1v) is 10.8. The van der Waals surface area contributed by atoms with Crippen molar-refractivity contribution in [2.75, 3.05) is 4.72 Å². The number of aromatic nitrogens is 1. The summed E-state index contributed by atoms with van der Waals surface area (Å²) in [6.45, 7) is 5.02. The number of carbonyl (C=O) groups excluding carboxylic acids is 1. The van der Waals surface area contributed by atoms with E-state index in [2.05, 4.69) is 9.44 Å². The van der Waals surface area contributed by atoms with E-state index in [0.717, 1.165) is 6.07 Å². The van der Waals surface area contributed by atoms with Crippen LogP contribution >= 0.6 is 0 Å². The minimum absolute atomic E-state index is 0.00526. The summed E-state index contributed by atoms with van der Waals surface area (Å²) < 4.78 is 56.6. The van der Waals surface area contributed by atoms with Crippen molar-refractivity contribution < 1.29 is 21.6 Å². The van der Waals surface area contributed by atoms with Crippen LogP contribution in [0.25, 0.3) is 0 Å². The van der Waals surface area contributed by atoms with E-state index in [0.29, 0.717) is 0 Å². The molecule has 0 unspecified atom stereocenters. The molecular weight excluding hydrogens is 392 g/mol. The topological polar surface area (TPSA) is 140 Å². The number of sulfonamides is 2. The average molecular weight is 415 g/mol. The standard InChI is InChI=1S/C16H22N4O5S2/c1-16(2,3)19-27(24,25)14-8-6-5-7-12(14)18-26(22,23)11-9-13(15(17)21)20(4)10-11/h5-10,18-19H,1-4H3,(H2,17,21). The lowest BCUT2D eigenvalue weighted by atomic mass is 10.1. The summed E-state index contributed by atoms with van der Waals surface area (Å²) in [6.07, 6.45) is 1.22. The molecule has 148 valence electrons. The Morgan fingerprint density at radius 3 is 2.19 bits per heavy atom.